The molecule has 0 radical (unpaired) electrons. The number of carbonyl (C=O) groups is 1. The van der Waals surface area contributed by atoms with E-state index in [1.54, 1.807) is 0 Å². The Morgan fingerprint density at radius 2 is 2.20 bits per heavy atom. The summed E-state index contributed by atoms with van der Waals surface area (Å²) in [5.41, 5.74) is -0.187. The Morgan fingerprint density at radius 1 is 1.70 bits per heavy atom. The SMILES string of the molecule is COC(=O)C(O)C1(C)CC1. The zero-order valence-corrected chi connectivity index (χ0v) is 6.26. The van der Waals surface area contributed by atoms with Crippen molar-refractivity contribution in [1.82, 2.24) is 0 Å². The van der Waals surface area contributed by atoms with E-state index in [1.165, 1.54) is 7.11 Å². The molecule has 0 bridgehead atoms. The van der Waals surface area contributed by atoms with Gasteiger partial charge in [0.05, 0.1) is 7.11 Å². The molecule has 10 heavy (non-hydrogen) atoms. The minimum atomic E-state index is -0.919. The second-order valence-electron chi connectivity index (χ2n) is 3.08. The molecule has 1 fully saturated rings. The normalized spacial score (nSPS) is 23.5. The Labute approximate surface area is 60.0 Å². The van der Waals surface area contributed by atoms with Crippen LogP contribution in [0.1, 0.15) is 19.8 Å². The number of aliphatic hydroxyl groups excluding tert-OH is 1. The van der Waals surface area contributed by atoms with Crippen molar-refractivity contribution in [1.29, 1.82) is 0 Å². The lowest BCUT2D eigenvalue weighted by atomic mass is 10.0. The highest BCUT2D eigenvalue weighted by atomic mass is 16.5. The first-order valence-corrected chi connectivity index (χ1v) is 3.36. The number of carbonyl (C=O) groups excluding carboxylic acids is 1. The average molecular weight is 144 g/mol. The minimum absolute atomic E-state index is 0.187. The van der Waals surface area contributed by atoms with Gasteiger partial charge in [-0.2, -0.15) is 0 Å². The highest BCUT2D eigenvalue weighted by molar-refractivity contribution is 5.75. The summed E-state index contributed by atoms with van der Waals surface area (Å²) in [6, 6.07) is 0. The predicted molar refractivity (Wildman–Crippen MR) is 35.4 cm³/mol. The van der Waals surface area contributed by atoms with Crippen LogP contribution in [0.5, 0.6) is 0 Å². The predicted octanol–water partition coefficient (Wildman–Crippen LogP) is 0.320. The fourth-order valence-corrected chi connectivity index (χ4v) is 0.867. The molecule has 58 valence electrons. The second kappa shape index (κ2) is 2.23. The first-order chi connectivity index (χ1) is 4.60. The maximum Gasteiger partial charge on any atom is 0.335 e. The molecule has 0 aliphatic heterocycles. The van der Waals surface area contributed by atoms with Crippen molar-refractivity contribution >= 4 is 5.97 Å². The van der Waals surface area contributed by atoms with Crippen molar-refractivity contribution in [2.24, 2.45) is 5.41 Å². The summed E-state index contributed by atoms with van der Waals surface area (Å²) in [5, 5.41) is 9.24. The summed E-state index contributed by atoms with van der Waals surface area (Å²) in [6.45, 7) is 1.88. The average Bonchev–Trinajstić information content (AvgIpc) is 2.66. The third-order valence-corrected chi connectivity index (χ3v) is 2.12. The first-order valence-electron chi connectivity index (χ1n) is 3.36. The molecule has 1 aliphatic carbocycles. The number of hydrogen-bond acceptors (Lipinski definition) is 3. The molecule has 0 spiro atoms. The van der Waals surface area contributed by atoms with Crippen LogP contribution >= 0.6 is 0 Å². The van der Waals surface area contributed by atoms with E-state index >= 15 is 0 Å². The molecule has 0 amide bonds. The molecule has 0 aromatic rings. The maximum atomic E-state index is 10.7. The molecule has 1 saturated carbocycles. The monoisotopic (exact) mass is 144 g/mol. The fraction of sp³-hybridized carbons (Fsp3) is 0.857. The van der Waals surface area contributed by atoms with Gasteiger partial charge in [0.15, 0.2) is 6.10 Å². The van der Waals surface area contributed by atoms with E-state index in [4.69, 9.17) is 0 Å². The molecule has 1 rings (SSSR count). The van der Waals surface area contributed by atoms with Crippen LogP contribution in [0.3, 0.4) is 0 Å². The van der Waals surface area contributed by atoms with Crippen LogP contribution in [0.25, 0.3) is 0 Å². The van der Waals surface area contributed by atoms with Crippen LogP contribution in [-0.4, -0.2) is 24.3 Å². The largest absolute Gasteiger partial charge is 0.467 e. The topological polar surface area (TPSA) is 46.5 Å². The van der Waals surface area contributed by atoms with Gasteiger partial charge in [-0.1, -0.05) is 6.92 Å². The van der Waals surface area contributed by atoms with Crippen molar-refractivity contribution in [2.45, 2.75) is 25.9 Å². The van der Waals surface area contributed by atoms with Gasteiger partial charge in [-0.15, -0.1) is 0 Å². The fourth-order valence-electron chi connectivity index (χ4n) is 0.867. The third-order valence-electron chi connectivity index (χ3n) is 2.12. The first kappa shape index (κ1) is 7.54. The molecule has 1 atom stereocenters. The standard InChI is InChI=1S/C7H12O3/c1-7(3-4-7)5(8)6(9)10-2/h5,8H,3-4H2,1-2H3. The summed E-state index contributed by atoms with van der Waals surface area (Å²) >= 11 is 0. The van der Waals surface area contributed by atoms with Gasteiger partial charge in [0.25, 0.3) is 0 Å². The van der Waals surface area contributed by atoms with Gasteiger partial charge in [0.1, 0.15) is 0 Å². The molecular weight excluding hydrogens is 132 g/mol. The van der Waals surface area contributed by atoms with Crippen molar-refractivity contribution in [3.63, 3.8) is 0 Å². The van der Waals surface area contributed by atoms with Crippen LogP contribution in [0, 0.1) is 5.41 Å². The van der Waals surface area contributed by atoms with Gasteiger partial charge in [0, 0.05) is 5.41 Å². The van der Waals surface area contributed by atoms with E-state index in [2.05, 4.69) is 4.74 Å². The van der Waals surface area contributed by atoms with E-state index < -0.39 is 12.1 Å². The minimum Gasteiger partial charge on any atom is -0.467 e. The number of hydrogen-bond donors (Lipinski definition) is 1. The molecule has 0 aromatic heterocycles. The highest BCUT2D eigenvalue weighted by Crippen LogP contribution is 2.48. The van der Waals surface area contributed by atoms with E-state index in [9.17, 15) is 9.90 Å². The number of ether oxygens (including phenoxy) is 1. The van der Waals surface area contributed by atoms with Gasteiger partial charge >= 0.3 is 5.97 Å². The molecule has 0 saturated heterocycles. The van der Waals surface area contributed by atoms with Crippen molar-refractivity contribution in [2.75, 3.05) is 7.11 Å². The zero-order chi connectivity index (χ0) is 7.78. The number of aliphatic hydroxyl groups is 1. The smallest absolute Gasteiger partial charge is 0.335 e. The van der Waals surface area contributed by atoms with Gasteiger partial charge in [0.2, 0.25) is 0 Å². The van der Waals surface area contributed by atoms with E-state index in [0.717, 1.165) is 12.8 Å². The maximum absolute atomic E-state index is 10.7. The lowest BCUT2D eigenvalue weighted by Gasteiger charge is -2.13. The molecule has 1 N–H and O–H groups in total. The van der Waals surface area contributed by atoms with Crippen LogP contribution in [0.15, 0.2) is 0 Å². The molecule has 0 aromatic carbocycles. The van der Waals surface area contributed by atoms with Crippen molar-refractivity contribution in [3.05, 3.63) is 0 Å². The Balaban J connectivity index is 2.48. The Morgan fingerprint density at radius 3 is 2.50 bits per heavy atom. The van der Waals surface area contributed by atoms with Crippen LogP contribution in [0.4, 0.5) is 0 Å². The summed E-state index contributed by atoms with van der Waals surface area (Å²) in [7, 11) is 1.29. The van der Waals surface area contributed by atoms with Crippen LogP contribution < -0.4 is 0 Å². The number of rotatable bonds is 2. The lowest BCUT2D eigenvalue weighted by molar-refractivity contribution is -0.153. The quantitative estimate of drug-likeness (QED) is 0.568. The number of methoxy groups -OCH3 is 1. The van der Waals surface area contributed by atoms with Gasteiger partial charge in [-0.3, -0.25) is 0 Å². The molecule has 0 heterocycles. The van der Waals surface area contributed by atoms with Crippen LogP contribution in [-0.2, 0) is 9.53 Å². The molecule has 3 nitrogen and oxygen atoms in total. The molecular formula is C7H12O3. The summed E-state index contributed by atoms with van der Waals surface area (Å²) in [4.78, 5) is 10.7. The Hall–Kier alpha value is -0.570. The summed E-state index contributed by atoms with van der Waals surface area (Å²) < 4.78 is 4.39. The summed E-state index contributed by atoms with van der Waals surface area (Å²) in [5.74, 6) is -0.514. The summed E-state index contributed by atoms with van der Waals surface area (Å²) in [6.07, 6.45) is 0.921. The molecule has 1 unspecified atom stereocenters. The second-order valence-corrected chi connectivity index (χ2v) is 3.08. The van der Waals surface area contributed by atoms with Crippen LogP contribution in [0.2, 0.25) is 0 Å². The van der Waals surface area contributed by atoms with Gasteiger partial charge in [-0.25, -0.2) is 4.79 Å². The van der Waals surface area contributed by atoms with Gasteiger partial charge in [-0.05, 0) is 12.8 Å². The number of esters is 1. The van der Waals surface area contributed by atoms with Crippen molar-refractivity contribution < 1.29 is 14.6 Å². The van der Waals surface area contributed by atoms with Gasteiger partial charge < -0.3 is 9.84 Å². The van der Waals surface area contributed by atoms with E-state index in [1.807, 2.05) is 6.92 Å². The third kappa shape index (κ3) is 1.14. The Kier molecular flexibility index (Phi) is 1.68. The Bertz CT molecular complexity index is 149. The molecule has 3 heteroatoms. The van der Waals surface area contributed by atoms with E-state index in [-0.39, 0.29) is 5.41 Å². The lowest BCUT2D eigenvalue weighted by Crippen LogP contribution is -2.29. The van der Waals surface area contributed by atoms with E-state index in [0.29, 0.717) is 0 Å². The van der Waals surface area contributed by atoms with Crippen molar-refractivity contribution in [3.8, 4) is 0 Å². The zero-order valence-electron chi connectivity index (χ0n) is 6.26. The highest BCUT2D eigenvalue weighted by Gasteiger charge is 2.48. The molecule has 1 aliphatic rings.